The van der Waals surface area contributed by atoms with Crippen LogP contribution in [0.25, 0.3) is 12.2 Å². The van der Waals surface area contributed by atoms with E-state index in [0.29, 0.717) is 5.75 Å². The Morgan fingerprint density at radius 3 is 2.11 bits per heavy atom. The molecule has 0 spiro atoms. The van der Waals surface area contributed by atoms with Gasteiger partial charge in [-0.25, -0.2) is 4.57 Å². The predicted octanol–water partition coefficient (Wildman–Crippen LogP) is -1.00. The topological polar surface area (TPSA) is 44.3 Å². The molecule has 3 nitrogen and oxygen atoms in total. The average Bonchev–Trinajstić information content (AvgIpc) is 2.42. The van der Waals surface area contributed by atoms with Crippen LogP contribution in [0.15, 0.2) is 48.8 Å². The minimum atomic E-state index is 0. The van der Waals surface area contributed by atoms with Gasteiger partial charge in [0.05, 0.1) is 0 Å². The maximum absolute atomic E-state index is 9.58. The first-order valence-electron chi connectivity index (χ1n) is 5.62. The van der Waals surface area contributed by atoms with Gasteiger partial charge in [-0.1, -0.05) is 30.4 Å². The highest BCUT2D eigenvalue weighted by Crippen LogP contribution is 2.18. The van der Waals surface area contributed by atoms with E-state index >= 15 is 0 Å². The Bertz CT molecular complexity index is 510. The lowest BCUT2D eigenvalue weighted by Crippen LogP contribution is -3.00. The standard InChI is InChI=1S/C14H13NO.CH4O.HI/c1-15-10-8-12(9-11-15)6-7-13-4-2-3-5-14(13)16;1-2;/h2-11H,1H3;2H,1H3;1H. The third-order valence-electron chi connectivity index (χ3n) is 2.40. The van der Waals surface area contributed by atoms with Gasteiger partial charge >= 0.3 is 0 Å². The fourth-order valence-electron chi connectivity index (χ4n) is 1.44. The van der Waals surface area contributed by atoms with Crippen molar-refractivity contribution in [3.63, 3.8) is 0 Å². The molecule has 0 fully saturated rings. The van der Waals surface area contributed by atoms with E-state index in [-0.39, 0.29) is 24.0 Å². The Balaban J connectivity index is 0.00000103. The molecule has 1 aromatic heterocycles. The highest BCUT2D eigenvalue weighted by Gasteiger charge is 1.95. The summed E-state index contributed by atoms with van der Waals surface area (Å²) in [5.74, 6) is 0.306. The maximum Gasteiger partial charge on any atom is 0.169 e. The second kappa shape index (κ2) is 9.52. The van der Waals surface area contributed by atoms with Gasteiger partial charge in [-0.3, -0.25) is 0 Å². The van der Waals surface area contributed by atoms with E-state index < -0.39 is 0 Å². The lowest BCUT2D eigenvalue weighted by Gasteiger charge is -1.97. The van der Waals surface area contributed by atoms with Crippen molar-refractivity contribution in [1.29, 1.82) is 0 Å². The summed E-state index contributed by atoms with van der Waals surface area (Å²) in [6.45, 7) is 0. The zero-order valence-electron chi connectivity index (χ0n) is 11.0. The van der Waals surface area contributed by atoms with Gasteiger partial charge in [-0.15, -0.1) is 0 Å². The summed E-state index contributed by atoms with van der Waals surface area (Å²) in [6.07, 6.45) is 7.87. The van der Waals surface area contributed by atoms with Gasteiger partial charge in [-0.2, -0.15) is 0 Å². The van der Waals surface area contributed by atoms with E-state index in [0.717, 1.165) is 18.2 Å². The van der Waals surface area contributed by atoms with Crippen molar-refractivity contribution in [2.24, 2.45) is 7.05 Å². The Morgan fingerprint density at radius 1 is 0.947 bits per heavy atom. The van der Waals surface area contributed by atoms with Crippen LogP contribution in [0.4, 0.5) is 0 Å². The zero-order chi connectivity index (χ0) is 13.4. The number of hydrogen-bond acceptors (Lipinski definition) is 2. The number of phenols is 1. The van der Waals surface area contributed by atoms with Gasteiger partial charge in [0.2, 0.25) is 0 Å². The molecule has 0 amide bonds. The highest BCUT2D eigenvalue weighted by molar-refractivity contribution is 5.71. The Morgan fingerprint density at radius 2 is 1.53 bits per heavy atom. The van der Waals surface area contributed by atoms with Crippen molar-refractivity contribution in [2.75, 3.05) is 7.11 Å². The number of pyridine rings is 1. The van der Waals surface area contributed by atoms with Gasteiger partial charge in [-0.05, 0) is 11.6 Å². The van der Waals surface area contributed by atoms with Crippen LogP contribution in [0.3, 0.4) is 0 Å². The molecule has 19 heavy (non-hydrogen) atoms. The summed E-state index contributed by atoms with van der Waals surface area (Å²) >= 11 is 0. The molecule has 0 aliphatic rings. The molecule has 2 aromatic rings. The summed E-state index contributed by atoms with van der Waals surface area (Å²) in [5, 5.41) is 16.6. The fraction of sp³-hybridized carbons (Fsp3) is 0.133. The number of aryl methyl sites for hydroxylation is 1. The molecule has 0 atom stereocenters. The summed E-state index contributed by atoms with van der Waals surface area (Å²) in [4.78, 5) is 0. The number of para-hydroxylation sites is 1. The minimum absolute atomic E-state index is 0. The molecule has 0 bridgehead atoms. The number of hydrogen-bond donors (Lipinski definition) is 2. The highest BCUT2D eigenvalue weighted by atomic mass is 127. The smallest absolute Gasteiger partial charge is 0.169 e. The molecule has 2 rings (SSSR count). The first-order valence-corrected chi connectivity index (χ1v) is 5.62. The number of aromatic hydroxyl groups is 1. The number of halogens is 1. The molecular weight excluding hydrogens is 353 g/mol. The van der Waals surface area contributed by atoms with E-state index in [1.54, 1.807) is 6.07 Å². The fourth-order valence-corrected chi connectivity index (χ4v) is 1.44. The Hall–Kier alpha value is -1.40. The molecule has 102 valence electrons. The van der Waals surface area contributed by atoms with Crippen LogP contribution in [-0.2, 0) is 7.05 Å². The van der Waals surface area contributed by atoms with Crippen LogP contribution in [0, 0.1) is 0 Å². The number of phenolic OH excluding ortho intramolecular Hbond substituents is 1. The summed E-state index contributed by atoms with van der Waals surface area (Å²) in [5.41, 5.74) is 1.94. The van der Waals surface area contributed by atoms with Crippen LogP contribution in [0.1, 0.15) is 11.1 Å². The first-order chi connectivity index (χ1) is 8.75. The van der Waals surface area contributed by atoms with Gasteiger partial charge < -0.3 is 34.2 Å². The van der Waals surface area contributed by atoms with Gasteiger partial charge in [0.15, 0.2) is 12.4 Å². The van der Waals surface area contributed by atoms with E-state index in [1.807, 2.05) is 66.5 Å². The molecule has 1 aromatic carbocycles. The molecule has 0 saturated heterocycles. The van der Waals surface area contributed by atoms with Crippen molar-refractivity contribution >= 4 is 12.2 Å². The van der Waals surface area contributed by atoms with Crippen molar-refractivity contribution < 1.29 is 38.8 Å². The van der Waals surface area contributed by atoms with Crippen molar-refractivity contribution in [2.45, 2.75) is 0 Å². The van der Waals surface area contributed by atoms with Crippen molar-refractivity contribution in [3.05, 3.63) is 59.9 Å². The van der Waals surface area contributed by atoms with E-state index in [9.17, 15) is 5.11 Å². The maximum atomic E-state index is 9.58. The summed E-state index contributed by atoms with van der Waals surface area (Å²) < 4.78 is 1.98. The third-order valence-corrected chi connectivity index (χ3v) is 2.40. The number of rotatable bonds is 2. The molecule has 2 N–H and O–H groups in total. The van der Waals surface area contributed by atoms with Gasteiger partial charge in [0.1, 0.15) is 12.8 Å². The normalized spacial score (nSPS) is 9.42. The van der Waals surface area contributed by atoms with Crippen molar-refractivity contribution in [1.82, 2.24) is 0 Å². The largest absolute Gasteiger partial charge is 1.00 e. The number of aliphatic hydroxyl groups excluding tert-OH is 1. The Kier molecular flexibility index (Phi) is 8.82. The minimum Gasteiger partial charge on any atom is -1.00 e. The summed E-state index contributed by atoms with van der Waals surface area (Å²) in [7, 11) is 2.98. The van der Waals surface area contributed by atoms with Gasteiger partial charge in [0, 0.05) is 24.8 Å². The molecule has 0 radical (unpaired) electrons. The molecular formula is C15H18INO2. The second-order valence-electron chi connectivity index (χ2n) is 3.69. The molecule has 0 saturated carbocycles. The predicted molar refractivity (Wildman–Crippen MR) is 72.8 cm³/mol. The van der Waals surface area contributed by atoms with E-state index in [4.69, 9.17) is 5.11 Å². The summed E-state index contributed by atoms with van der Waals surface area (Å²) in [6, 6.07) is 11.3. The SMILES string of the molecule is CO.C[n+]1ccc(/C=C/c2ccccc2O)cc1.[I-]. The molecule has 0 aliphatic carbocycles. The second-order valence-corrected chi connectivity index (χ2v) is 3.69. The van der Waals surface area contributed by atoms with Crippen molar-refractivity contribution in [3.8, 4) is 5.75 Å². The first kappa shape index (κ1) is 17.6. The monoisotopic (exact) mass is 371 g/mol. The molecule has 1 heterocycles. The van der Waals surface area contributed by atoms with Crippen LogP contribution in [-0.4, -0.2) is 17.3 Å². The average molecular weight is 371 g/mol. The van der Waals surface area contributed by atoms with E-state index in [1.165, 1.54) is 0 Å². The van der Waals surface area contributed by atoms with Gasteiger partial charge in [0.25, 0.3) is 0 Å². The lowest BCUT2D eigenvalue weighted by molar-refractivity contribution is -0.671. The third kappa shape index (κ3) is 5.85. The number of benzene rings is 1. The molecule has 4 heteroatoms. The quantitative estimate of drug-likeness (QED) is 0.526. The van der Waals surface area contributed by atoms with Crippen LogP contribution >= 0.6 is 0 Å². The molecule has 0 unspecified atom stereocenters. The van der Waals surface area contributed by atoms with Crippen LogP contribution < -0.4 is 28.5 Å². The van der Waals surface area contributed by atoms with Crippen LogP contribution in [0.2, 0.25) is 0 Å². The molecule has 0 aliphatic heterocycles. The number of aromatic nitrogens is 1. The lowest BCUT2D eigenvalue weighted by atomic mass is 10.1. The number of nitrogens with zero attached hydrogens (tertiary/aromatic N) is 1. The number of aliphatic hydroxyl groups is 1. The van der Waals surface area contributed by atoms with Crippen LogP contribution in [0.5, 0.6) is 5.75 Å². The van der Waals surface area contributed by atoms with E-state index in [2.05, 4.69) is 0 Å². The zero-order valence-corrected chi connectivity index (χ0v) is 13.2. The Labute approximate surface area is 130 Å².